The number of amides is 1. The fraction of sp³-hybridized carbons (Fsp3) is 0.267. The molecule has 6 nitrogen and oxygen atoms in total. The maximum atomic E-state index is 12.4. The zero-order valence-electron chi connectivity index (χ0n) is 12.5. The number of carbonyl (C=O) groups is 2. The SMILES string of the molecule is COc1ccc(OC)c(C=C2SC(=S)N(CCC(=O)[O-])C2=O)c1. The minimum Gasteiger partial charge on any atom is -0.550 e. The second-order valence-corrected chi connectivity index (χ2v) is 6.24. The zero-order valence-corrected chi connectivity index (χ0v) is 14.2. The average molecular weight is 352 g/mol. The van der Waals surface area contributed by atoms with Crippen molar-refractivity contribution in [2.45, 2.75) is 6.42 Å². The molecule has 0 N–H and O–H groups in total. The van der Waals surface area contributed by atoms with E-state index in [0.29, 0.717) is 26.3 Å². The van der Waals surface area contributed by atoms with Gasteiger partial charge >= 0.3 is 0 Å². The van der Waals surface area contributed by atoms with E-state index in [1.165, 1.54) is 12.0 Å². The first kappa shape index (κ1) is 17.3. The summed E-state index contributed by atoms with van der Waals surface area (Å²) in [5.41, 5.74) is 0.673. The Labute approximate surface area is 143 Å². The zero-order chi connectivity index (χ0) is 17.0. The Bertz CT molecular complexity index is 686. The Hall–Kier alpha value is -2.06. The van der Waals surface area contributed by atoms with Crippen LogP contribution < -0.4 is 14.6 Å². The molecule has 8 heteroatoms. The van der Waals surface area contributed by atoms with Crippen LogP contribution in [-0.2, 0) is 9.59 Å². The van der Waals surface area contributed by atoms with Gasteiger partial charge in [0, 0.05) is 24.5 Å². The summed E-state index contributed by atoms with van der Waals surface area (Å²) in [7, 11) is 3.08. The summed E-state index contributed by atoms with van der Waals surface area (Å²) in [6.07, 6.45) is 1.39. The fourth-order valence-corrected chi connectivity index (χ4v) is 3.29. The van der Waals surface area contributed by atoms with Gasteiger partial charge in [0.15, 0.2) is 0 Å². The van der Waals surface area contributed by atoms with Crippen molar-refractivity contribution in [1.29, 1.82) is 0 Å². The Morgan fingerprint density at radius 1 is 1.39 bits per heavy atom. The average Bonchev–Trinajstić information content (AvgIpc) is 2.79. The maximum Gasteiger partial charge on any atom is 0.266 e. The summed E-state index contributed by atoms with van der Waals surface area (Å²) in [5, 5.41) is 10.6. The molecule has 1 aromatic rings. The minimum atomic E-state index is -1.22. The molecule has 1 aliphatic heterocycles. The van der Waals surface area contributed by atoms with Crippen molar-refractivity contribution < 1.29 is 24.2 Å². The van der Waals surface area contributed by atoms with E-state index in [2.05, 4.69) is 0 Å². The number of rotatable bonds is 6. The van der Waals surface area contributed by atoms with Crippen molar-refractivity contribution in [2.75, 3.05) is 20.8 Å². The largest absolute Gasteiger partial charge is 0.550 e. The van der Waals surface area contributed by atoms with Crippen molar-refractivity contribution in [3.63, 3.8) is 0 Å². The highest BCUT2D eigenvalue weighted by molar-refractivity contribution is 8.26. The van der Waals surface area contributed by atoms with Crippen molar-refractivity contribution in [3.05, 3.63) is 28.7 Å². The minimum absolute atomic E-state index is 0.000411. The molecule has 1 saturated heterocycles. The second-order valence-electron chi connectivity index (χ2n) is 4.56. The number of carbonyl (C=O) groups excluding carboxylic acids is 2. The third kappa shape index (κ3) is 4.02. The number of thioether (sulfide) groups is 1. The van der Waals surface area contributed by atoms with E-state index in [1.54, 1.807) is 31.4 Å². The maximum absolute atomic E-state index is 12.4. The molecule has 1 heterocycles. The molecule has 2 rings (SSSR count). The predicted molar refractivity (Wildman–Crippen MR) is 89.0 cm³/mol. The first-order valence-corrected chi connectivity index (χ1v) is 7.86. The molecular weight excluding hydrogens is 338 g/mol. The number of thiocarbonyl (C=S) groups is 1. The highest BCUT2D eigenvalue weighted by Crippen LogP contribution is 2.35. The third-order valence-electron chi connectivity index (χ3n) is 3.14. The van der Waals surface area contributed by atoms with Gasteiger partial charge in [-0.2, -0.15) is 0 Å². The van der Waals surface area contributed by atoms with E-state index < -0.39 is 5.97 Å². The highest BCUT2D eigenvalue weighted by Gasteiger charge is 2.31. The van der Waals surface area contributed by atoms with Gasteiger partial charge in [0.1, 0.15) is 15.8 Å². The van der Waals surface area contributed by atoms with E-state index in [0.717, 1.165) is 11.8 Å². The lowest BCUT2D eigenvalue weighted by Crippen LogP contribution is -2.33. The fourth-order valence-electron chi connectivity index (χ4n) is 1.99. The smallest absolute Gasteiger partial charge is 0.266 e. The molecule has 23 heavy (non-hydrogen) atoms. The van der Waals surface area contributed by atoms with Crippen LogP contribution in [0.25, 0.3) is 6.08 Å². The van der Waals surface area contributed by atoms with Crippen molar-refractivity contribution >= 4 is 46.3 Å². The molecule has 0 bridgehead atoms. The molecule has 122 valence electrons. The number of aliphatic carboxylic acids is 1. The molecule has 1 aromatic carbocycles. The number of methoxy groups -OCH3 is 2. The second kappa shape index (κ2) is 7.47. The summed E-state index contributed by atoms with van der Waals surface area (Å²) < 4.78 is 10.8. The lowest BCUT2D eigenvalue weighted by molar-refractivity contribution is -0.305. The van der Waals surface area contributed by atoms with Gasteiger partial charge in [0.25, 0.3) is 5.91 Å². The van der Waals surface area contributed by atoms with Crippen LogP contribution in [0.4, 0.5) is 0 Å². The monoisotopic (exact) mass is 352 g/mol. The van der Waals surface area contributed by atoms with Crippen LogP contribution in [-0.4, -0.2) is 41.9 Å². The normalized spacial score (nSPS) is 16.1. The molecule has 0 aromatic heterocycles. The summed E-state index contributed by atoms with van der Waals surface area (Å²) in [5.74, 6) is -0.334. The van der Waals surface area contributed by atoms with Crippen LogP contribution in [0.5, 0.6) is 11.5 Å². The number of ether oxygens (including phenoxy) is 2. The first-order valence-electron chi connectivity index (χ1n) is 6.63. The lowest BCUT2D eigenvalue weighted by atomic mass is 10.1. The van der Waals surface area contributed by atoms with Gasteiger partial charge in [-0.15, -0.1) is 0 Å². The first-order chi connectivity index (χ1) is 11.0. The van der Waals surface area contributed by atoms with Crippen LogP contribution in [0, 0.1) is 0 Å². The Morgan fingerprint density at radius 3 is 2.74 bits per heavy atom. The molecule has 0 atom stereocenters. The molecule has 0 radical (unpaired) electrons. The van der Waals surface area contributed by atoms with Crippen LogP contribution >= 0.6 is 24.0 Å². The van der Waals surface area contributed by atoms with Crippen LogP contribution in [0.15, 0.2) is 23.1 Å². The van der Waals surface area contributed by atoms with Crippen LogP contribution in [0.1, 0.15) is 12.0 Å². The Morgan fingerprint density at radius 2 is 2.13 bits per heavy atom. The Kier molecular flexibility index (Phi) is 5.62. The van der Waals surface area contributed by atoms with Gasteiger partial charge in [0.2, 0.25) is 0 Å². The lowest BCUT2D eigenvalue weighted by Gasteiger charge is -2.14. The van der Waals surface area contributed by atoms with E-state index in [1.807, 2.05) is 0 Å². The number of carboxylic acid groups (broad SMARTS) is 1. The van der Waals surface area contributed by atoms with Gasteiger partial charge in [-0.25, -0.2) is 0 Å². The molecule has 1 amide bonds. The van der Waals surface area contributed by atoms with Crippen molar-refractivity contribution in [3.8, 4) is 11.5 Å². The molecule has 1 fully saturated rings. The standard InChI is InChI=1S/C15H15NO5S2/c1-20-10-3-4-11(21-2)9(7-10)8-12-14(19)16(15(22)23-12)6-5-13(17)18/h3-4,7-8H,5-6H2,1-2H3,(H,17,18)/p-1. The van der Waals surface area contributed by atoms with E-state index in [4.69, 9.17) is 21.7 Å². The van der Waals surface area contributed by atoms with Crippen molar-refractivity contribution in [1.82, 2.24) is 4.90 Å². The number of nitrogens with zero attached hydrogens (tertiary/aromatic N) is 1. The summed E-state index contributed by atoms with van der Waals surface area (Å²) >= 11 is 6.25. The number of carboxylic acids is 1. The number of benzene rings is 1. The number of hydrogen-bond acceptors (Lipinski definition) is 7. The molecule has 0 unspecified atom stereocenters. The quantitative estimate of drug-likeness (QED) is 0.559. The van der Waals surface area contributed by atoms with E-state index in [9.17, 15) is 14.7 Å². The highest BCUT2D eigenvalue weighted by atomic mass is 32.2. The van der Waals surface area contributed by atoms with Gasteiger partial charge in [0.05, 0.1) is 19.1 Å². The van der Waals surface area contributed by atoms with E-state index >= 15 is 0 Å². The van der Waals surface area contributed by atoms with Gasteiger partial charge in [-0.1, -0.05) is 24.0 Å². The summed E-state index contributed by atoms with van der Waals surface area (Å²) in [4.78, 5) is 24.6. The van der Waals surface area contributed by atoms with E-state index in [-0.39, 0.29) is 18.9 Å². The third-order valence-corrected chi connectivity index (χ3v) is 4.51. The van der Waals surface area contributed by atoms with Gasteiger partial charge in [-0.3, -0.25) is 9.69 Å². The van der Waals surface area contributed by atoms with Crippen LogP contribution in [0.2, 0.25) is 0 Å². The van der Waals surface area contributed by atoms with Gasteiger partial charge in [-0.05, 0) is 24.3 Å². The predicted octanol–water partition coefficient (Wildman–Crippen LogP) is 1.04. The topological polar surface area (TPSA) is 78.9 Å². The molecule has 1 aliphatic rings. The summed E-state index contributed by atoms with van der Waals surface area (Å²) in [6, 6.07) is 5.23. The summed E-state index contributed by atoms with van der Waals surface area (Å²) in [6.45, 7) is -0.000411. The van der Waals surface area contributed by atoms with Gasteiger partial charge < -0.3 is 19.4 Å². The molecular formula is C15H14NO5S2-. The van der Waals surface area contributed by atoms with Crippen molar-refractivity contribution in [2.24, 2.45) is 0 Å². The Balaban J connectivity index is 2.28. The van der Waals surface area contributed by atoms with Crippen LogP contribution in [0.3, 0.4) is 0 Å². The number of hydrogen-bond donors (Lipinski definition) is 0. The molecule has 0 aliphatic carbocycles. The molecule has 0 spiro atoms. The molecule has 0 saturated carbocycles.